The summed E-state index contributed by atoms with van der Waals surface area (Å²) in [4.78, 5) is 13.8. The third-order valence-electron chi connectivity index (χ3n) is 3.29. The second-order valence-corrected chi connectivity index (χ2v) is 5.02. The van der Waals surface area contributed by atoms with Crippen LogP contribution in [0.3, 0.4) is 0 Å². The first kappa shape index (κ1) is 15.2. The van der Waals surface area contributed by atoms with E-state index in [4.69, 9.17) is 4.52 Å². The van der Waals surface area contributed by atoms with E-state index in [1.807, 2.05) is 6.07 Å². The lowest BCUT2D eigenvalue weighted by Gasteiger charge is -2.14. The third-order valence-corrected chi connectivity index (χ3v) is 3.29. The van der Waals surface area contributed by atoms with Crippen molar-refractivity contribution in [2.24, 2.45) is 0 Å². The lowest BCUT2D eigenvalue weighted by atomic mass is 10.2. The van der Waals surface area contributed by atoms with Crippen LogP contribution in [0.25, 0.3) is 0 Å². The van der Waals surface area contributed by atoms with Crippen LogP contribution >= 0.6 is 0 Å². The Kier molecular flexibility index (Phi) is 4.74. The summed E-state index contributed by atoms with van der Waals surface area (Å²) in [6, 6.07) is 1.95. The van der Waals surface area contributed by atoms with Crippen molar-refractivity contribution < 1.29 is 14.4 Å². The molecule has 0 aromatic carbocycles. The molecule has 7 nitrogen and oxygen atoms in total. The number of rotatable bonds is 6. The maximum absolute atomic E-state index is 12.3. The number of hydrogen-bond acceptors (Lipinski definition) is 5. The van der Waals surface area contributed by atoms with Crippen LogP contribution < -0.4 is 0 Å². The van der Waals surface area contributed by atoms with E-state index in [-0.39, 0.29) is 18.2 Å². The van der Waals surface area contributed by atoms with Gasteiger partial charge in [-0.1, -0.05) is 18.5 Å². The van der Waals surface area contributed by atoms with E-state index >= 15 is 0 Å². The normalized spacial score (nSPS) is 10.9. The SMILES string of the molecule is CCCc1cc(CN(C)C(=O)c2noc(C)c2CO)[nH]n1. The van der Waals surface area contributed by atoms with Crippen molar-refractivity contribution in [2.45, 2.75) is 39.8 Å². The highest BCUT2D eigenvalue weighted by Crippen LogP contribution is 2.16. The first-order valence-corrected chi connectivity index (χ1v) is 6.91. The monoisotopic (exact) mass is 292 g/mol. The fourth-order valence-corrected chi connectivity index (χ4v) is 2.13. The first-order chi connectivity index (χ1) is 10.1. The van der Waals surface area contributed by atoms with Crippen LogP contribution in [0.2, 0.25) is 0 Å². The number of aliphatic hydroxyl groups is 1. The number of carbonyl (C=O) groups excluding carboxylic acids is 1. The maximum Gasteiger partial charge on any atom is 0.276 e. The lowest BCUT2D eigenvalue weighted by molar-refractivity contribution is 0.0770. The van der Waals surface area contributed by atoms with Crippen LogP contribution in [0.15, 0.2) is 10.6 Å². The minimum absolute atomic E-state index is 0.158. The zero-order valence-electron chi connectivity index (χ0n) is 12.5. The molecule has 114 valence electrons. The van der Waals surface area contributed by atoms with Crippen molar-refractivity contribution in [1.82, 2.24) is 20.3 Å². The summed E-state index contributed by atoms with van der Waals surface area (Å²) >= 11 is 0. The molecule has 2 aromatic rings. The van der Waals surface area contributed by atoms with E-state index in [0.29, 0.717) is 17.9 Å². The van der Waals surface area contributed by atoms with E-state index in [9.17, 15) is 9.90 Å². The average Bonchev–Trinajstić information content (AvgIpc) is 3.05. The van der Waals surface area contributed by atoms with Crippen molar-refractivity contribution in [3.05, 3.63) is 34.5 Å². The first-order valence-electron chi connectivity index (χ1n) is 6.91. The zero-order valence-corrected chi connectivity index (χ0v) is 12.5. The second-order valence-electron chi connectivity index (χ2n) is 5.02. The van der Waals surface area contributed by atoms with Gasteiger partial charge in [-0.25, -0.2) is 0 Å². The van der Waals surface area contributed by atoms with Gasteiger partial charge in [-0.2, -0.15) is 5.10 Å². The van der Waals surface area contributed by atoms with Crippen molar-refractivity contribution in [3.8, 4) is 0 Å². The van der Waals surface area contributed by atoms with Gasteiger partial charge in [-0.05, 0) is 19.4 Å². The van der Waals surface area contributed by atoms with Gasteiger partial charge in [0.2, 0.25) is 0 Å². The van der Waals surface area contributed by atoms with Crippen molar-refractivity contribution in [1.29, 1.82) is 0 Å². The fourth-order valence-electron chi connectivity index (χ4n) is 2.13. The Labute approximate surface area is 122 Å². The molecule has 2 heterocycles. The number of H-pyrrole nitrogens is 1. The van der Waals surface area contributed by atoms with E-state index in [2.05, 4.69) is 22.3 Å². The summed E-state index contributed by atoms with van der Waals surface area (Å²) in [5.41, 5.74) is 2.44. The van der Waals surface area contributed by atoms with Crippen molar-refractivity contribution in [3.63, 3.8) is 0 Å². The molecule has 2 rings (SSSR count). The predicted octanol–water partition coefficient (Wildman–Crippen LogP) is 1.42. The zero-order chi connectivity index (χ0) is 15.4. The summed E-state index contributed by atoms with van der Waals surface area (Å²) in [6.45, 7) is 3.88. The summed E-state index contributed by atoms with van der Waals surface area (Å²) < 4.78 is 4.97. The molecular weight excluding hydrogens is 272 g/mol. The van der Waals surface area contributed by atoms with Crippen LogP contribution in [0.5, 0.6) is 0 Å². The highest BCUT2D eigenvalue weighted by molar-refractivity contribution is 5.93. The molecule has 0 saturated carbocycles. The number of aromatic nitrogens is 3. The third kappa shape index (κ3) is 3.30. The number of aromatic amines is 1. The number of nitrogens with one attached hydrogen (secondary N) is 1. The van der Waals surface area contributed by atoms with Crippen LogP contribution in [0, 0.1) is 6.92 Å². The van der Waals surface area contributed by atoms with Gasteiger partial charge in [0.25, 0.3) is 5.91 Å². The summed E-state index contributed by atoms with van der Waals surface area (Å²) in [5, 5.41) is 20.1. The molecule has 0 aliphatic carbocycles. The molecule has 0 fully saturated rings. The molecule has 2 aromatic heterocycles. The van der Waals surface area contributed by atoms with Gasteiger partial charge in [-0.15, -0.1) is 0 Å². The number of aliphatic hydroxyl groups excluding tert-OH is 1. The second kappa shape index (κ2) is 6.53. The standard InChI is InChI=1S/C14H20N4O3/c1-4-5-10-6-11(16-15-10)7-18(3)14(20)13-12(8-19)9(2)21-17-13/h6,19H,4-5,7-8H2,1-3H3,(H,15,16). The number of nitrogens with zero attached hydrogens (tertiary/aromatic N) is 3. The highest BCUT2D eigenvalue weighted by Gasteiger charge is 2.22. The number of amides is 1. The quantitative estimate of drug-likeness (QED) is 0.839. The van der Waals surface area contributed by atoms with Crippen LogP contribution in [0.1, 0.15) is 46.5 Å². The van der Waals surface area contributed by atoms with Crippen LogP contribution in [-0.2, 0) is 19.6 Å². The van der Waals surface area contributed by atoms with Crippen molar-refractivity contribution in [2.75, 3.05) is 7.05 Å². The lowest BCUT2D eigenvalue weighted by Crippen LogP contribution is -2.27. The van der Waals surface area contributed by atoms with E-state index in [1.165, 1.54) is 4.90 Å². The maximum atomic E-state index is 12.3. The summed E-state index contributed by atoms with van der Waals surface area (Å²) in [5.74, 6) is 0.170. The Hall–Kier alpha value is -2.15. The topological polar surface area (TPSA) is 95.3 Å². The number of carbonyl (C=O) groups is 1. The predicted molar refractivity (Wildman–Crippen MR) is 75.5 cm³/mol. The number of aryl methyl sites for hydroxylation is 2. The molecule has 0 saturated heterocycles. The van der Waals surface area contributed by atoms with Gasteiger partial charge in [0.1, 0.15) is 5.76 Å². The molecule has 0 atom stereocenters. The Balaban J connectivity index is 2.08. The molecular formula is C14H20N4O3. The molecule has 0 spiro atoms. The van der Waals surface area contributed by atoms with E-state index in [1.54, 1.807) is 14.0 Å². The van der Waals surface area contributed by atoms with Gasteiger partial charge in [0.05, 0.1) is 30.1 Å². The van der Waals surface area contributed by atoms with Gasteiger partial charge < -0.3 is 14.5 Å². The fraction of sp³-hybridized carbons (Fsp3) is 0.500. The van der Waals surface area contributed by atoms with Crippen LogP contribution in [0.4, 0.5) is 0 Å². The number of hydrogen-bond donors (Lipinski definition) is 2. The summed E-state index contributed by atoms with van der Waals surface area (Å²) in [7, 11) is 1.67. The Morgan fingerprint density at radius 3 is 2.95 bits per heavy atom. The van der Waals surface area contributed by atoms with Gasteiger partial charge in [0, 0.05) is 7.05 Å². The van der Waals surface area contributed by atoms with Gasteiger partial charge >= 0.3 is 0 Å². The van der Waals surface area contributed by atoms with Gasteiger partial charge in [-0.3, -0.25) is 9.89 Å². The highest BCUT2D eigenvalue weighted by atomic mass is 16.5. The molecule has 1 amide bonds. The largest absolute Gasteiger partial charge is 0.391 e. The Morgan fingerprint density at radius 1 is 1.52 bits per heavy atom. The Morgan fingerprint density at radius 2 is 2.29 bits per heavy atom. The molecule has 21 heavy (non-hydrogen) atoms. The molecule has 0 unspecified atom stereocenters. The van der Waals surface area contributed by atoms with E-state index < -0.39 is 0 Å². The van der Waals surface area contributed by atoms with Crippen molar-refractivity contribution >= 4 is 5.91 Å². The molecule has 2 N–H and O–H groups in total. The van der Waals surface area contributed by atoms with Crippen LogP contribution in [-0.4, -0.2) is 38.3 Å². The molecule has 0 aliphatic heterocycles. The van der Waals surface area contributed by atoms with E-state index in [0.717, 1.165) is 24.2 Å². The molecule has 7 heteroatoms. The minimum atomic E-state index is -0.289. The minimum Gasteiger partial charge on any atom is -0.391 e. The Bertz CT molecular complexity index is 618. The molecule has 0 aliphatic rings. The smallest absolute Gasteiger partial charge is 0.276 e. The summed E-state index contributed by atoms with van der Waals surface area (Å²) in [6.07, 6.45) is 1.93. The average molecular weight is 292 g/mol. The molecule has 0 radical (unpaired) electrons. The molecule has 0 bridgehead atoms. The van der Waals surface area contributed by atoms with Gasteiger partial charge in [0.15, 0.2) is 5.69 Å².